The third-order valence-electron chi connectivity index (χ3n) is 3.29. The van der Waals surface area contributed by atoms with Gasteiger partial charge in [-0.3, -0.25) is 9.59 Å². The number of carboxylic acid groups (broad SMARTS) is 1. The number of anilines is 1. The molecule has 0 spiro atoms. The van der Waals surface area contributed by atoms with Crippen LogP contribution < -0.4 is 5.73 Å². The van der Waals surface area contributed by atoms with E-state index < -0.39 is 11.9 Å². The molecule has 0 aromatic carbocycles. The zero-order chi connectivity index (χ0) is 13.3. The Balaban J connectivity index is 2.00. The van der Waals surface area contributed by atoms with E-state index in [2.05, 4.69) is 4.98 Å². The second-order valence-electron chi connectivity index (χ2n) is 4.41. The molecule has 0 radical (unpaired) electrons. The zero-order valence-corrected chi connectivity index (χ0v) is 10.8. The van der Waals surface area contributed by atoms with Crippen molar-refractivity contribution in [1.29, 1.82) is 0 Å². The molecule has 1 aromatic heterocycles. The predicted molar refractivity (Wildman–Crippen MR) is 67.1 cm³/mol. The predicted octanol–water partition coefficient (Wildman–Crippen LogP) is 0.589. The lowest BCUT2D eigenvalue weighted by Gasteiger charge is -2.22. The molecule has 6 nitrogen and oxygen atoms in total. The molecular weight excluding hydrogens is 254 g/mol. The van der Waals surface area contributed by atoms with Crippen molar-refractivity contribution in [1.82, 2.24) is 9.88 Å². The number of hydrogen-bond donors (Lipinski definition) is 2. The molecule has 7 heteroatoms. The Morgan fingerprint density at radius 2 is 2.39 bits per heavy atom. The molecule has 1 fully saturated rings. The number of carbonyl (C=O) groups is 2. The quantitative estimate of drug-likeness (QED) is 0.837. The fourth-order valence-electron chi connectivity index (χ4n) is 2.28. The number of carbonyl (C=O) groups excluding carboxylic acids is 1. The van der Waals surface area contributed by atoms with Crippen LogP contribution in [0.4, 0.5) is 5.13 Å². The number of hydrogen-bond acceptors (Lipinski definition) is 5. The molecule has 3 N–H and O–H groups in total. The van der Waals surface area contributed by atoms with Crippen LogP contribution in [-0.2, 0) is 16.0 Å². The molecule has 2 unspecified atom stereocenters. The first-order chi connectivity index (χ1) is 8.49. The van der Waals surface area contributed by atoms with Crippen LogP contribution >= 0.6 is 11.3 Å². The maximum Gasteiger partial charge on any atom is 0.308 e. The minimum Gasteiger partial charge on any atom is -0.481 e. The van der Waals surface area contributed by atoms with Crippen molar-refractivity contribution in [2.24, 2.45) is 5.92 Å². The van der Waals surface area contributed by atoms with E-state index in [1.807, 2.05) is 0 Å². The van der Waals surface area contributed by atoms with Gasteiger partial charge in [0, 0.05) is 18.0 Å². The summed E-state index contributed by atoms with van der Waals surface area (Å²) in [5, 5.41) is 11.2. The van der Waals surface area contributed by atoms with Gasteiger partial charge in [0.25, 0.3) is 0 Å². The first kappa shape index (κ1) is 12.8. The fraction of sp³-hybridized carbons (Fsp3) is 0.545. The largest absolute Gasteiger partial charge is 0.481 e. The number of aromatic nitrogens is 1. The highest BCUT2D eigenvalue weighted by Crippen LogP contribution is 2.25. The van der Waals surface area contributed by atoms with Crippen LogP contribution in [0.3, 0.4) is 0 Å². The Labute approximate surface area is 108 Å². The van der Waals surface area contributed by atoms with Crippen molar-refractivity contribution < 1.29 is 14.7 Å². The summed E-state index contributed by atoms with van der Waals surface area (Å²) in [6, 6.07) is -0.258. The van der Waals surface area contributed by atoms with Gasteiger partial charge in [-0.15, -0.1) is 11.3 Å². The molecule has 98 valence electrons. The van der Waals surface area contributed by atoms with E-state index in [0.29, 0.717) is 23.8 Å². The molecule has 2 atom stereocenters. The summed E-state index contributed by atoms with van der Waals surface area (Å²) in [5.41, 5.74) is 6.15. The summed E-state index contributed by atoms with van der Waals surface area (Å²) in [4.78, 5) is 28.7. The van der Waals surface area contributed by atoms with Crippen LogP contribution in [0.25, 0.3) is 0 Å². The van der Waals surface area contributed by atoms with Crippen molar-refractivity contribution in [3.63, 3.8) is 0 Å². The first-order valence-electron chi connectivity index (χ1n) is 5.71. The lowest BCUT2D eigenvalue weighted by molar-refractivity contribution is -0.143. The van der Waals surface area contributed by atoms with Crippen molar-refractivity contribution in [3.05, 3.63) is 11.1 Å². The van der Waals surface area contributed by atoms with Crippen LogP contribution in [0.5, 0.6) is 0 Å². The molecule has 1 saturated heterocycles. The molecule has 0 saturated carbocycles. The SMILES string of the molecule is CC1C(C(=O)O)CCN1C(=O)Cc1csc(N)n1. The molecule has 1 aliphatic rings. The minimum absolute atomic E-state index is 0.0865. The highest BCUT2D eigenvalue weighted by atomic mass is 32.1. The molecule has 18 heavy (non-hydrogen) atoms. The van der Waals surface area contributed by atoms with E-state index >= 15 is 0 Å². The van der Waals surface area contributed by atoms with Crippen molar-refractivity contribution >= 4 is 28.3 Å². The number of thiazole rings is 1. The Kier molecular flexibility index (Phi) is 3.51. The summed E-state index contributed by atoms with van der Waals surface area (Å²) in [7, 11) is 0. The molecule has 2 heterocycles. The van der Waals surface area contributed by atoms with Crippen molar-refractivity contribution in [2.45, 2.75) is 25.8 Å². The van der Waals surface area contributed by atoms with Crippen LogP contribution in [0, 0.1) is 5.92 Å². The molecule has 1 aromatic rings. The molecule has 1 aliphatic heterocycles. The number of amides is 1. The number of nitrogens with zero attached hydrogens (tertiary/aromatic N) is 2. The van der Waals surface area contributed by atoms with E-state index in [-0.39, 0.29) is 18.4 Å². The maximum absolute atomic E-state index is 12.1. The van der Waals surface area contributed by atoms with Gasteiger partial charge in [0.1, 0.15) is 0 Å². The standard InChI is InChI=1S/C11H15N3O3S/c1-6-8(10(16)17)2-3-14(6)9(15)4-7-5-18-11(12)13-7/h5-6,8H,2-4H2,1H3,(H2,12,13)(H,16,17). The summed E-state index contributed by atoms with van der Waals surface area (Å²) in [6.45, 7) is 2.27. The normalized spacial score (nSPS) is 23.3. The van der Waals surface area contributed by atoms with Gasteiger partial charge < -0.3 is 15.7 Å². The van der Waals surface area contributed by atoms with Gasteiger partial charge in [-0.25, -0.2) is 4.98 Å². The lowest BCUT2D eigenvalue weighted by Crippen LogP contribution is -2.38. The van der Waals surface area contributed by atoms with E-state index in [4.69, 9.17) is 10.8 Å². The number of carboxylic acids is 1. The number of nitrogen functional groups attached to an aromatic ring is 1. The van der Waals surface area contributed by atoms with Gasteiger partial charge in [0.05, 0.1) is 18.0 Å². The van der Waals surface area contributed by atoms with Gasteiger partial charge in [0.15, 0.2) is 5.13 Å². The van der Waals surface area contributed by atoms with Gasteiger partial charge in [-0.05, 0) is 13.3 Å². The van der Waals surface area contributed by atoms with Gasteiger partial charge >= 0.3 is 5.97 Å². The van der Waals surface area contributed by atoms with Crippen LogP contribution in [0.15, 0.2) is 5.38 Å². The first-order valence-corrected chi connectivity index (χ1v) is 6.59. The van der Waals surface area contributed by atoms with Gasteiger partial charge in [0.2, 0.25) is 5.91 Å². The Morgan fingerprint density at radius 1 is 1.67 bits per heavy atom. The number of nitrogens with two attached hydrogens (primary N) is 1. The third-order valence-corrected chi connectivity index (χ3v) is 4.02. The monoisotopic (exact) mass is 269 g/mol. The summed E-state index contributed by atoms with van der Waals surface area (Å²) in [5.74, 6) is -1.39. The Bertz CT molecular complexity index is 474. The third kappa shape index (κ3) is 2.45. The molecule has 0 bridgehead atoms. The van der Waals surface area contributed by atoms with Gasteiger partial charge in [-0.2, -0.15) is 0 Å². The van der Waals surface area contributed by atoms with Crippen LogP contribution in [-0.4, -0.2) is 39.5 Å². The average molecular weight is 269 g/mol. The second kappa shape index (κ2) is 4.93. The summed E-state index contributed by atoms with van der Waals surface area (Å²) < 4.78 is 0. The average Bonchev–Trinajstić information content (AvgIpc) is 2.85. The Hall–Kier alpha value is -1.63. The molecule has 2 rings (SSSR count). The summed E-state index contributed by atoms with van der Waals surface area (Å²) in [6.07, 6.45) is 0.700. The van der Waals surface area contributed by atoms with E-state index in [1.165, 1.54) is 11.3 Å². The minimum atomic E-state index is -0.837. The fourth-order valence-corrected chi connectivity index (χ4v) is 2.84. The molecule has 1 amide bonds. The molecule has 0 aliphatic carbocycles. The van der Waals surface area contributed by atoms with Gasteiger partial charge in [-0.1, -0.05) is 0 Å². The zero-order valence-electron chi connectivity index (χ0n) is 10.00. The highest BCUT2D eigenvalue weighted by molar-refractivity contribution is 7.13. The smallest absolute Gasteiger partial charge is 0.308 e. The summed E-state index contributed by atoms with van der Waals surface area (Å²) >= 11 is 1.30. The highest BCUT2D eigenvalue weighted by Gasteiger charge is 2.37. The Morgan fingerprint density at radius 3 is 2.89 bits per heavy atom. The van der Waals surface area contributed by atoms with E-state index in [0.717, 1.165) is 0 Å². The topological polar surface area (TPSA) is 96.5 Å². The maximum atomic E-state index is 12.1. The van der Waals surface area contributed by atoms with Crippen molar-refractivity contribution in [2.75, 3.05) is 12.3 Å². The number of aliphatic carboxylic acids is 1. The number of likely N-dealkylation sites (tertiary alicyclic amines) is 1. The van der Waals surface area contributed by atoms with E-state index in [9.17, 15) is 9.59 Å². The lowest BCUT2D eigenvalue weighted by atomic mass is 10.0. The van der Waals surface area contributed by atoms with Crippen molar-refractivity contribution in [3.8, 4) is 0 Å². The second-order valence-corrected chi connectivity index (χ2v) is 5.30. The van der Waals surface area contributed by atoms with Crippen LogP contribution in [0.1, 0.15) is 19.0 Å². The van der Waals surface area contributed by atoms with E-state index in [1.54, 1.807) is 17.2 Å². The number of rotatable bonds is 3. The molecular formula is C11H15N3O3S. The van der Waals surface area contributed by atoms with Crippen LogP contribution in [0.2, 0.25) is 0 Å².